The van der Waals surface area contributed by atoms with Crippen LogP contribution in [0.1, 0.15) is 0 Å². The summed E-state index contributed by atoms with van der Waals surface area (Å²) in [5.74, 6) is 0. The van der Waals surface area contributed by atoms with E-state index >= 15 is 0 Å². The van der Waals surface area contributed by atoms with Crippen molar-refractivity contribution in [3.8, 4) is 0 Å². The van der Waals surface area contributed by atoms with Gasteiger partial charge in [0.2, 0.25) is 0 Å². The third kappa shape index (κ3) is 9.79. The van der Waals surface area contributed by atoms with Gasteiger partial charge in [-0.15, -0.1) is 0 Å². The summed E-state index contributed by atoms with van der Waals surface area (Å²) in [7, 11) is -5.46. The van der Waals surface area contributed by atoms with Crippen molar-refractivity contribution in [2.75, 3.05) is 13.2 Å². The lowest BCUT2D eigenvalue weighted by atomic mass is 10.7. The van der Waals surface area contributed by atoms with Crippen LogP contribution in [0.3, 0.4) is 0 Å². The molecule has 0 aliphatic rings. The molecule has 0 fully saturated rings. The summed E-state index contributed by atoms with van der Waals surface area (Å²) in [5.41, 5.74) is 0. The van der Waals surface area contributed by atoms with Crippen molar-refractivity contribution in [3.63, 3.8) is 0 Å². The van der Waals surface area contributed by atoms with Gasteiger partial charge in [-0.1, -0.05) is 0 Å². The number of alkyl halides is 6. The van der Waals surface area contributed by atoms with Crippen LogP contribution < -0.4 is 0 Å². The zero-order valence-electron chi connectivity index (χ0n) is 8.03. The van der Waals surface area contributed by atoms with Crippen molar-refractivity contribution >= 4 is 19.2 Å². The van der Waals surface area contributed by atoms with Gasteiger partial charge in [0.15, 0.2) is 13.2 Å². The van der Waals surface area contributed by atoms with Crippen LogP contribution >= 0.6 is 7.82 Å². The normalized spacial score (nSPS) is 15.7. The van der Waals surface area contributed by atoms with Crippen molar-refractivity contribution < 1.29 is 52.7 Å². The minimum Gasteiger partial charge on any atom is -0.284 e. The van der Waals surface area contributed by atoms with Gasteiger partial charge in [-0.3, -0.25) is 13.6 Å². The minimum absolute atomic E-state index is 2.28. The number of phosphoric ester groups is 1. The Morgan fingerprint density at radius 2 is 1.33 bits per heavy atom. The first-order valence-electron chi connectivity index (χ1n) is 3.66. The highest BCUT2D eigenvalue weighted by Gasteiger charge is 2.41. The van der Waals surface area contributed by atoms with Crippen molar-refractivity contribution in [3.05, 3.63) is 0 Å². The fourth-order valence-electron chi connectivity index (χ4n) is 0.463. The lowest BCUT2D eigenvalue weighted by molar-refractivity contribution is -0.168. The van der Waals surface area contributed by atoms with E-state index in [9.17, 15) is 35.1 Å². The van der Waals surface area contributed by atoms with Gasteiger partial charge in [0.1, 0.15) is 0 Å². The first-order valence-corrected chi connectivity index (χ1v) is 6.16. The van der Waals surface area contributed by atoms with E-state index in [0.29, 0.717) is 0 Å². The van der Waals surface area contributed by atoms with Crippen molar-refractivity contribution in [1.82, 2.24) is 0 Å². The highest BCUT2D eigenvalue weighted by molar-refractivity contribution is 7.79. The number of hydrogen-bond acceptors (Lipinski definition) is 5. The molecule has 0 aromatic rings. The zero-order chi connectivity index (χ0) is 14.6. The van der Waals surface area contributed by atoms with E-state index in [1.54, 1.807) is 0 Å². The van der Waals surface area contributed by atoms with Crippen LogP contribution in [0.2, 0.25) is 0 Å². The van der Waals surface area contributed by atoms with E-state index in [0.717, 1.165) is 0 Å². The van der Waals surface area contributed by atoms with E-state index in [1.165, 1.54) is 0 Å². The molecule has 0 aliphatic heterocycles. The second-order valence-electron chi connectivity index (χ2n) is 2.52. The molecule has 0 saturated heterocycles. The van der Waals surface area contributed by atoms with Crippen LogP contribution in [0.5, 0.6) is 0 Å². The van der Waals surface area contributed by atoms with Crippen LogP contribution in [0, 0.1) is 0 Å². The van der Waals surface area contributed by atoms with Gasteiger partial charge in [-0.2, -0.15) is 34.5 Å². The molecule has 0 radical (unpaired) electrons. The molecule has 6 nitrogen and oxygen atoms in total. The standard InChI is InChI=1S/C4H5F6O6PS/c5-3(6,7)1-14-17(11,16-18(12)13)15-2-4(8,9)10/h1-2H2,(H,12,13). The lowest BCUT2D eigenvalue weighted by Gasteiger charge is -2.17. The van der Waals surface area contributed by atoms with E-state index in [1.807, 2.05) is 0 Å². The minimum atomic E-state index is -5.46. The molecular weight excluding hydrogens is 321 g/mol. The Balaban J connectivity index is 4.63. The molecule has 18 heavy (non-hydrogen) atoms. The smallest absolute Gasteiger partial charge is 0.284 e. The Labute approximate surface area is 98.3 Å². The molecule has 0 heterocycles. The number of phosphoric acid groups is 1. The summed E-state index contributed by atoms with van der Waals surface area (Å²) in [6.45, 7) is -4.56. The summed E-state index contributed by atoms with van der Waals surface area (Å²) in [4.78, 5) is 0. The van der Waals surface area contributed by atoms with Crippen molar-refractivity contribution in [2.45, 2.75) is 12.4 Å². The van der Waals surface area contributed by atoms with Crippen LogP contribution in [0.15, 0.2) is 0 Å². The number of rotatable bonds is 6. The predicted octanol–water partition coefficient (Wildman–Crippen LogP) is 2.41. The Bertz CT molecular complexity index is 318. The molecule has 0 saturated carbocycles. The molecule has 0 spiro atoms. The molecule has 1 N–H and O–H groups in total. The van der Waals surface area contributed by atoms with Gasteiger partial charge >= 0.3 is 31.5 Å². The molecule has 0 rings (SSSR count). The fourth-order valence-corrected chi connectivity index (χ4v) is 2.12. The van der Waals surface area contributed by atoms with Gasteiger partial charge < -0.3 is 0 Å². The molecule has 0 aliphatic carbocycles. The van der Waals surface area contributed by atoms with Crippen molar-refractivity contribution in [2.24, 2.45) is 0 Å². The second kappa shape index (κ2) is 6.30. The number of hydrogen-bond donors (Lipinski definition) is 1. The van der Waals surface area contributed by atoms with Gasteiger partial charge in [0, 0.05) is 0 Å². The lowest BCUT2D eigenvalue weighted by Crippen LogP contribution is -2.20. The van der Waals surface area contributed by atoms with E-state index in [2.05, 4.69) is 13.0 Å². The zero-order valence-corrected chi connectivity index (χ0v) is 9.74. The molecule has 1 atom stereocenters. The van der Waals surface area contributed by atoms with Crippen molar-refractivity contribution in [1.29, 1.82) is 0 Å². The molecule has 0 amide bonds. The van der Waals surface area contributed by atoms with Gasteiger partial charge in [0.25, 0.3) is 0 Å². The Morgan fingerprint density at radius 1 is 1.00 bits per heavy atom. The molecule has 110 valence electrons. The number of halogens is 6. The topological polar surface area (TPSA) is 82.1 Å². The van der Waals surface area contributed by atoms with Crippen LogP contribution in [0.25, 0.3) is 0 Å². The predicted molar refractivity (Wildman–Crippen MR) is 43.5 cm³/mol. The van der Waals surface area contributed by atoms with Crippen LogP contribution in [-0.4, -0.2) is 34.3 Å². The van der Waals surface area contributed by atoms with E-state index in [-0.39, 0.29) is 0 Å². The summed E-state index contributed by atoms with van der Waals surface area (Å²) in [6, 6.07) is 0. The molecule has 0 aromatic heterocycles. The first kappa shape index (κ1) is 17.8. The summed E-state index contributed by atoms with van der Waals surface area (Å²) in [6.07, 6.45) is -10.1. The quantitative estimate of drug-likeness (QED) is 0.458. The largest absolute Gasteiger partial charge is 0.490 e. The molecule has 0 aromatic carbocycles. The highest BCUT2D eigenvalue weighted by Crippen LogP contribution is 2.51. The van der Waals surface area contributed by atoms with Gasteiger partial charge in [-0.05, 0) is 0 Å². The Morgan fingerprint density at radius 3 is 1.56 bits per heavy atom. The average Bonchev–Trinajstić information content (AvgIpc) is 2.09. The monoisotopic (exact) mass is 326 g/mol. The summed E-state index contributed by atoms with van der Waals surface area (Å²) >= 11 is -3.44. The third-order valence-corrected chi connectivity index (χ3v) is 3.06. The average molecular weight is 326 g/mol. The SMILES string of the molecule is O=S(O)OP(=O)(OCC(F)(F)F)OCC(F)(F)F. The van der Waals surface area contributed by atoms with E-state index in [4.69, 9.17) is 4.55 Å². The van der Waals surface area contributed by atoms with Crippen LogP contribution in [-0.2, 0) is 28.9 Å². The Hall–Kier alpha value is -0.200. The molecular formula is C4H5F6O6PS. The maximum Gasteiger partial charge on any atom is 0.490 e. The van der Waals surface area contributed by atoms with Crippen LogP contribution in [0.4, 0.5) is 26.3 Å². The maximum absolute atomic E-state index is 11.7. The second-order valence-corrected chi connectivity index (χ2v) is 4.96. The third-order valence-electron chi connectivity index (χ3n) is 0.928. The maximum atomic E-state index is 11.7. The molecule has 0 bridgehead atoms. The van der Waals surface area contributed by atoms with E-state index < -0.39 is 44.8 Å². The molecule has 14 heteroatoms. The Kier molecular flexibility index (Phi) is 6.23. The van der Waals surface area contributed by atoms with Gasteiger partial charge in [-0.25, -0.2) is 4.57 Å². The molecule has 1 unspecified atom stereocenters. The first-order chi connectivity index (χ1) is 7.83. The summed E-state index contributed by atoms with van der Waals surface area (Å²) in [5, 5.41) is 0. The highest BCUT2D eigenvalue weighted by atomic mass is 32.2. The van der Waals surface area contributed by atoms with Gasteiger partial charge in [0.05, 0.1) is 0 Å². The fraction of sp³-hybridized carbons (Fsp3) is 1.00. The summed E-state index contributed by atoms with van der Waals surface area (Å²) < 4.78 is 110.